The van der Waals surface area contributed by atoms with Crippen LogP contribution in [0.3, 0.4) is 0 Å². The van der Waals surface area contributed by atoms with Crippen LogP contribution in [0.4, 0.5) is 19.1 Å². The average molecular weight is 458 g/mol. The smallest absolute Gasteiger partial charge is 0.390 e. The zero-order chi connectivity index (χ0) is 22.3. The minimum absolute atomic E-state index is 0.0747. The minimum Gasteiger partial charge on any atom is -0.390 e. The Morgan fingerprint density at radius 2 is 1.87 bits per heavy atom. The van der Waals surface area contributed by atoms with E-state index in [9.17, 15) is 23.3 Å². The van der Waals surface area contributed by atoms with Crippen LogP contribution < -0.4 is 0 Å². The molecule has 0 aliphatic rings. The summed E-state index contributed by atoms with van der Waals surface area (Å²) in [7, 11) is 0. The molecule has 0 saturated heterocycles. The summed E-state index contributed by atoms with van der Waals surface area (Å²) in [5, 5.41) is 17.3. The normalized spacial score (nSPS) is 13.4. The molecule has 0 amide bonds. The molecule has 0 saturated carbocycles. The van der Waals surface area contributed by atoms with Gasteiger partial charge < -0.3 is 10.1 Å². The van der Waals surface area contributed by atoms with Gasteiger partial charge in [-0.25, -0.2) is 4.98 Å². The van der Waals surface area contributed by atoms with E-state index in [-0.39, 0.29) is 11.8 Å². The highest BCUT2D eigenvalue weighted by molar-refractivity contribution is 8.00. The van der Waals surface area contributed by atoms with E-state index in [1.165, 1.54) is 23.7 Å². The van der Waals surface area contributed by atoms with Crippen molar-refractivity contribution in [3.8, 4) is 21.1 Å². The lowest BCUT2D eigenvalue weighted by molar-refractivity contribution is -0.394. The maximum atomic E-state index is 13.1. The number of hydrogen-bond acceptors (Lipinski definition) is 8. The van der Waals surface area contributed by atoms with Crippen molar-refractivity contribution >= 4 is 29.0 Å². The van der Waals surface area contributed by atoms with Crippen LogP contribution in [0, 0.1) is 22.5 Å². The fourth-order valence-electron chi connectivity index (χ4n) is 2.71. The van der Waals surface area contributed by atoms with Gasteiger partial charge >= 0.3 is 11.5 Å². The quantitative estimate of drug-likeness (QED) is 0.394. The molecule has 3 aromatic heterocycles. The molecule has 3 heterocycles. The van der Waals surface area contributed by atoms with Crippen LogP contribution >= 0.6 is 23.1 Å². The third-order valence-corrected chi connectivity index (χ3v) is 6.69. The highest BCUT2D eigenvalue weighted by Crippen LogP contribution is 2.51. The summed E-state index contributed by atoms with van der Waals surface area (Å²) >= 11 is 1.18. The Bertz CT molecular complexity index is 1060. The first kappa shape index (κ1) is 22.2. The minimum atomic E-state index is -4.38. The summed E-state index contributed by atoms with van der Waals surface area (Å²) in [5.41, 5.74) is -3.07. The Hall–Kier alpha value is -2.54. The summed E-state index contributed by atoms with van der Waals surface area (Å²) in [4.78, 5) is 22.5. The molecule has 0 bridgehead atoms. The van der Waals surface area contributed by atoms with E-state index < -0.39 is 27.0 Å². The standard InChI is InChI=1S/C17H17F3N6O2S2/c1-8-12(29-14(23-8)9-6-21-15(22-7-9)26(27)28)10-5-11(25-24-10)13(16(2,3)4)30-17(18,19)20/h5-7,13H,1-4H3,(H,24,25). The maximum Gasteiger partial charge on any atom is 0.468 e. The topological polar surface area (TPSA) is 110 Å². The van der Waals surface area contributed by atoms with Gasteiger partial charge in [0.1, 0.15) is 23.1 Å². The molecule has 0 aliphatic heterocycles. The summed E-state index contributed by atoms with van der Waals surface area (Å²) in [6, 6.07) is 1.60. The van der Waals surface area contributed by atoms with Crippen molar-refractivity contribution in [2.45, 2.75) is 38.5 Å². The third-order valence-electron chi connectivity index (χ3n) is 4.00. The van der Waals surface area contributed by atoms with Crippen molar-refractivity contribution in [1.82, 2.24) is 25.1 Å². The number of alkyl halides is 3. The summed E-state index contributed by atoms with van der Waals surface area (Å²) in [6.45, 7) is 6.96. The van der Waals surface area contributed by atoms with E-state index in [4.69, 9.17) is 0 Å². The first-order valence-corrected chi connectivity index (χ1v) is 10.3. The van der Waals surface area contributed by atoms with Crippen molar-refractivity contribution in [3.05, 3.63) is 40.0 Å². The second-order valence-electron chi connectivity index (χ2n) is 7.48. The number of H-pyrrole nitrogens is 1. The van der Waals surface area contributed by atoms with Gasteiger partial charge in [0.25, 0.3) is 0 Å². The lowest BCUT2D eigenvalue weighted by atomic mass is 9.90. The molecule has 1 atom stereocenters. The van der Waals surface area contributed by atoms with E-state index in [1.54, 1.807) is 33.8 Å². The fourth-order valence-corrected chi connectivity index (χ4v) is 4.58. The molecule has 0 aromatic carbocycles. The molecule has 0 fully saturated rings. The number of aryl methyl sites for hydroxylation is 1. The molecular formula is C17H17F3N6O2S2. The van der Waals surface area contributed by atoms with Crippen LogP contribution in [-0.4, -0.2) is 35.6 Å². The van der Waals surface area contributed by atoms with Gasteiger partial charge in [0.05, 0.1) is 21.4 Å². The molecule has 8 nitrogen and oxygen atoms in total. The van der Waals surface area contributed by atoms with Crippen LogP contribution in [0.2, 0.25) is 0 Å². The van der Waals surface area contributed by atoms with E-state index in [1.807, 2.05) is 0 Å². The van der Waals surface area contributed by atoms with Crippen LogP contribution in [-0.2, 0) is 0 Å². The highest BCUT2D eigenvalue weighted by Gasteiger charge is 2.40. The van der Waals surface area contributed by atoms with Gasteiger partial charge in [-0.15, -0.1) is 11.3 Å². The second-order valence-corrected chi connectivity index (χ2v) is 9.65. The Morgan fingerprint density at radius 3 is 2.40 bits per heavy atom. The van der Waals surface area contributed by atoms with Crippen molar-refractivity contribution < 1.29 is 18.1 Å². The molecule has 3 aromatic rings. The molecule has 0 spiro atoms. The number of hydrogen-bond donors (Lipinski definition) is 1. The van der Waals surface area contributed by atoms with Crippen molar-refractivity contribution in [2.75, 3.05) is 0 Å². The zero-order valence-electron chi connectivity index (χ0n) is 16.3. The first-order valence-electron chi connectivity index (χ1n) is 8.59. The molecule has 13 heteroatoms. The van der Waals surface area contributed by atoms with Gasteiger partial charge in [0, 0.05) is 5.69 Å². The van der Waals surface area contributed by atoms with E-state index in [0.717, 1.165) is 0 Å². The zero-order valence-corrected chi connectivity index (χ0v) is 17.9. The molecular weight excluding hydrogens is 441 g/mol. The number of rotatable bonds is 5. The van der Waals surface area contributed by atoms with Crippen molar-refractivity contribution in [3.63, 3.8) is 0 Å². The van der Waals surface area contributed by atoms with Gasteiger partial charge in [-0.3, -0.25) is 5.10 Å². The lowest BCUT2D eigenvalue weighted by Gasteiger charge is -2.29. The Balaban J connectivity index is 1.92. The molecule has 160 valence electrons. The number of thioether (sulfide) groups is 1. The molecule has 3 rings (SSSR count). The Labute approximate surface area is 177 Å². The number of halogens is 3. The van der Waals surface area contributed by atoms with Crippen LogP contribution in [0.1, 0.15) is 37.4 Å². The van der Waals surface area contributed by atoms with Crippen molar-refractivity contribution in [1.29, 1.82) is 0 Å². The number of nitro groups is 1. The second kappa shape index (κ2) is 7.95. The Morgan fingerprint density at radius 1 is 1.23 bits per heavy atom. The Kier molecular flexibility index (Phi) is 5.87. The van der Waals surface area contributed by atoms with Crippen LogP contribution in [0.15, 0.2) is 18.5 Å². The number of aromatic nitrogens is 5. The van der Waals surface area contributed by atoms with Gasteiger partial charge in [-0.2, -0.15) is 18.3 Å². The largest absolute Gasteiger partial charge is 0.468 e. The van der Waals surface area contributed by atoms with E-state index in [2.05, 4.69) is 25.1 Å². The van der Waals surface area contributed by atoms with Gasteiger partial charge in [0.2, 0.25) is 0 Å². The van der Waals surface area contributed by atoms with Crippen LogP contribution in [0.25, 0.3) is 21.1 Å². The highest BCUT2D eigenvalue weighted by atomic mass is 32.2. The summed E-state index contributed by atoms with van der Waals surface area (Å²) in [6.07, 6.45) is 2.61. The van der Waals surface area contributed by atoms with Crippen molar-refractivity contribution in [2.24, 2.45) is 5.41 Å². The number of nitrogens with one attached hydrogen (secondary N) is 1. The number of thiazole rings is 1. The molecule has 30 heavy (non-hydrogen) atoms. The van der Waals surface area contributed by atoms with Crippen LogP contribution in [0.5, 0.6) is 0 Å². The molecule has 1 N–H and O–H groups in total. The van der Waals surface area contributed by atoms with E-state index in [0.29, 0.717) is 32.5 Å². The fraction of sp³-hybridized carbons (Fsp3) is 0.412. The molecule has 0 aliphatic carbocycles. The number of aromatic amines is 1. The first-order chi connectivity index (χ1) is 13.8. The molecule has 0 radical (unpaired) electrons. The van der Waals surface area contributed by atoms with E-state index >= 15 is 0 Å². The predicted octanol–water partition coefficient (Wildman–Crippen LogP) is 5.55. The summed E-state index contributed by atoms with van der Waals surface area (Å²) in [5.74, 6) is -0.514. The maximum absolute atomic E-state index is 13.1. The lowest BCUT2D eigenvalue weighted by Crippen LogP contribution is -2.20. The van der Waals surface area contributed by atoms with Gasteiger partial charge in [0.15, 0.2) is 0 Å². The molecule has 1 unspecified atom stereocenters. The average Bonchev–Trinajstić information content (AvgIpc) is 3.24. The predicted molar refractivity (Wildman–Crippen MR) is 108 cm³/mol. The number of nitrogens with zero attached hydrogens (tertiary/aromatic N) is 5. The van der Waals surface area contributed by atoms with Gasteiger partial charge in [-0.1, -0.05) is 30.7 Å². The SMILES string of the molecule is Cc1nc(-c2cnc([N+](=O)[O-])nc2)sc1-c1cc(C(SC(F)(F)F)C(C)(C)C)[nH]n1. The third kappa shape index (κ3) is 4.95. The monoisotopic (exact) mass is 458 g/mol. The van der Waals surface area contributed by atoms with Gasteiger partial charge in [-0.05, 0) is 35.1 Å². The summed E-state index contributed by atoms with van der Waals surface area (Å²) < 4.78 is 39.2.